The maximum atomic E-state index is 16.2. The average Bonchev–Trinajstić information content (AvgIpc) is 1.35. The van der Waals surface area contributed by atoms with E-state index in [-0.39, 0.29) is 102 Å². The number of carbonyl (C=O) groups excluding carboxylic acids is 8. The van der Waals surface area contributed by atoms with E-state index in [1.54, 1.807) is 30.3 Å². The van der Waals surface area contributed by atoms with Crippen LogP contribution in [0.1, 0.15) is 93.7 Å². The van der Waals surface area contributed by atoms with Gasteiger partial charge in [0.05, 0.1) is 17.2 Å². The first kappa shape index (κ1) is 69.5. The highest BCUT2D eigenvalue weighted by Gasteiger charge is 2.42. The fraction of sp³-hybridized carbons (Fsp3) is 0.233. The van der Waals surface area contributed by atoms with Crippen LogP contribution >= 0.6 is 23.2 Å². The van der Waals surface area contributed by atoms with Gasteiger partial charge in [-0.1, -0.05) is 77.8 Å². The van der Waals surface area contributed by atoms with Crippen LogP contribution in [0.2, 0.25) is 10.0 Å². The lowest BCUT2D eigenvalue weighted by atomic mass is 9.89. The largest absolute Gasteiger partial charge is 0.508 e. The Morgan fingerprint density at radius 2 is 1.18 bits per heavy atom. The van der Waals surface area contributed by atoms with Gasteiger partial charge in [-0.2, -0.15) is 0 Å². The van der Waals surface area contributed by atoms with Gasteiger partial charge in [-0.3, -0.25) is 33.7 Å². The van der Waals surface area contributed by atoms with Crippen LogP contribution in [0.5, 0.6) is 69.0 Å². The molecule has 103 heavy (non-hydrogen) atoms. The molecule has 530 valence electrons. The van der Waals surface area contributed by atoms with Crippen molar-refractivity contribution in [2.75, 3.05) is 33.4 Å². The SMILES string of the molecule is COC(=O)[C@@H]1NC(=O)[C@H]2NC(=O)[C@H](NC(=O)[C@@H]3NC(=O)[C@H]4NC(=O)[C@@H](Cc5ccc(c(Cl)c5)Oc5cc3cc(c5OCCN3CCCC3)Oc3ccc(cc3Cl)[C@H]2O)NC(=O)[C@H](NC(=O)OCc2ccccc2)c2ccc(O)c(c2)Oc2cc(O)cc4c2)c2ccc(O)c(c2)-c2c(O)cc(O)cc21. The summed E-state index contributed by atoms with van der Waals surface area (Å²) in [6.45, 7) is 1.69. The second-order valence-electron chi connectivity index (χ2n) is 24.8. The van der Waals surface area contributed by atoms with Crippen LogP contribution in [0.4, 0.5) is 4.79 Å². The number of hydrogen-bond acceptors (Lipinski definition) is 21. The Balaban J connectivity index is 1.01. The van der Waals surface area contributed by atoms with E-state index in [1.165, 1.54) is 72.8 Å². The van der Waals surface area contributed by atoms with Gasteiger partial charge in [-0.25, -0.2) is 9.59 Å². The van der Waals surface area contributed by atoms with Crippen molar-refractivity contribution in [2.24, 2.45) is 0 Å². The number of likely N-dealkylation sites (tertiary alicyclic amines) is 1. The molecule has 0 unspecified atom stereocenters. The number of methoxy groups -OCH3 is 1. The summed E-state index contributed by atoms with van der Waals surface area (Å²) in [5, 5.41) is 87.5. The van der Waals surface area contributed by atoms with E-state index in [4.69, 9.17) is 51.6 Å². The predicted molar refractivity (Wildman–Crippen MR) is 364 cm³/mol. The highest BCUT2D eigenvalue weighted by molar-refractivity contribution is 6.32. The molecule has 0 aromatic heterocycles. The molecular formula is C73H64Cl2N8O20. The number of ether oxygens (including phenoxy) is 6. The van der Waals surface area contributed by atoms with Crippen molar-refractivity contribution in [3.05, 3.63) is 200 Å². The highest BCUT2D eigenvalue weighted by atomic mass is 35.5. The van der Waals surface area contributed by atoms with Crippen molar-refractivity contribution >= 4 is 70.7 Å². The zero-order chi connectivity index (χ0) is 72.5. The number of aromatic hydroxyl groups is 5. The summed E-state index contributed by atoms with van der Waals surface area (Å²) in [5.41, 5.74) is -1.06. The number of carbonyl (C=O) groups is 8. The maximum absolute atomic E-state index is 16.2. The van der Waals surface area contributed by atoms with E-state index in [1.807, 2.05) is 0 Å². The molecule has 17 bridgehead atoms. The second kappa shape index (κ2) is 29.3. The van der Waals surface area contributed by atoms with Gasteiger partial charge in [0, 0.05) is 41.8 Å². The van der Waals surface area contributed by atoms with E-state index in [2.05, 4.69) is 42.1 Å². The molecule has 0 spiro atoms. The van der Waals surface area contributed by atoms with Crippen LogP contribution in [-0.4, -0.2) is 128 Å². The number of aliphatic hydroxyl groups excluding tert-OH is 1. The second-order valence-corrected chi connectivity index (χ2v) is 25.6. The van der Waals surface area contributed by atoms with Crippen molar-refractivity contribution in [1.29, 1.82) is 0 Å². The average molecular weight is 1440 g/mol. The smallest absolute Gasteiger partial charge is 0.408 e. The quantitative estimate of drug-likeness (QED) is 0.0645. The lowest BCUT2D eigenvalue weighted by Gasteiger charge is -2.31. The number of rotatable bonds is 8. The molecule has 0 aliphatic carbocycles. The molecule has 13 N–H and O–H groups in total. The lowest BCUT2D eigenvalue weighted by Crippen LogP contribution is -2.55. The number of amides is 7. The molecule has 7 amide bonds. The van der Waals surface area contributed by atoms with Crippen LogP contribution in [0.3, 0.4) is 0 Å². The van der Waals surface area contributed by atoms with Crippen molar-refractivity contribution in [3.63, 3.8) is 0 Å². The zero-order valence-electron chi connectivity index (χ0n) is 54.2. The lowest BCUT2D eigenvalue weighted by molar-refractivity contribution is -0.146. The van der Waals surface area contributed by atoms with Crippen LogP contribution in [0.25, 0.3) is 11.1 Å². The Labute approximate surface area is 595 Å². The normalized spacial score (nSPS) is 21.0. The minimum Gasteiger partial charge on any atom is -0.508 e. The van der Waals surface area contributed by atoms with Crippen molar-refractivity contribution in [3.8, 4) is 80.1 Å². The third kappa shape index (κ3) is 14.9. The van der Waals surface area contributed by atoms with Crippen molar-refractivity contribution in [1.82, 2.24) is 42.1 Å². The number of fused-ring (bicyclic) bond motifs is 14. The molecule has 1 fully saturated rings. The monoisotopic (exact) mass is 1440 g/mol. The Hall–Kier alpha value is -12.0. The van der Waals surface area contributed by atoms with Gasteiger partial charge in [0.25, 0.3) is 0 Å². The molecule has 0 saturated carbocycles. The highest BCUT2D eigenvalue weighted by Crippen LogP contribution is 2.49. The number of benzene rings is 8. The number of alkyl carbamates (subject to hydrolysis) is 1. The van der Waals surface area contributed by atoms with E-state index in [0.29, 0.717) is 17.7 Å². The first-order valence-electron chi connectivity index (χ1n) is 32.3. The molecular weight excluding hydrogens is 1380 g/mol. The molecule has 0 radical (unpaired) electrons. The number of hydrogen-bond donors (Lipinski definition) is 13. The van der Waals surface area contributed by atoms with Gasteiger partial charge in [-0.15, -0.1) is 0 Å². The van der Waals surface area contributed by atoms with Crippen molar-refractivity contribution < 1.29 is 97.4 Å². The Bertz CT molecular complexity index is 4750. The first-order valence-corrected chi connectivity index (χ1v) is 33.0. The Kier molecular flexibility index (Phi) is 19.8. The molecule has 30 heteroatoms. The topological polar surface area (TPSA) is 401 Å². The van der Waals surface area contributed by atoms with E-state index >= 15 is 28.8 Å². The maximum Gasteiger partial charge on any atom is 0.408 e. The van der Waals surface area contributed by atoms with E-state index < -0.39 is 137 Å². The molecule has 8 aromatic carbocycles. The van der Waals surface area contributed by atoms with Gasteiger partial charge in [0.1, 0.15) is 95.8 Å². The fourth-order valence-electron chi connectivity index (χ4n) is 12.8. The third-order valence-corrected chi connectivity index (χ3v) is 18.5. The third-order valence-electron chi connectivity index (χ3n) is 17.9. The summed E-state index contributed by atoms with van der Waals surface area (Å²) in [6.07, 6.45) is -1.72. The van der Waals surface area contributed by atoms with E-state index in [9.17, 15) is 40.2 Å². The number of phenolic OH excluding ortho intramolecular Hbond substituents is 5. The van der Waals surface area contributed by atoms with Gasteiger partial charge in [0.2, 0.25) is 41.2 Å². The minimum atomic E-state index is -2.15. The van der Waals surface area contributed by atoms with Crippen LogP contribution in [-0.2, 0) is 56.1 Å². The number of phenols is 5. The predicted octanol–water partition coefficient (Wildman–Crippen LogP) is 7.81. The molecule has 7 aliphatic heterocycles. The summed E-state index contributed by atoms with van der Waals surface area (Å²) in [4.78, 5) is 123. The summed E-state index contributed by atoms with van der Waals surface area (Å²) in [7, 11) is 0.978. The molecule has 7 aliphatic rings. The molecule has 8 aromatic rings. The summed E-state index contributed by atoms with van der Waals surface area (Å²) < 4.78 is 36.8. The zero-order valence-corrected chi connectivity index (χ0v) is 55.7. The molecule has 1 saturated heterocycles. The number of nitrogens with one attached hydrogen (secondary N) is 7. The van der Waals surface area contributed by atoms with Gasteiger partial charge < -0.3 is 96.3 Å². The fourth-order valence-corrected chi connectivity index (χ4v) is 13.2. The number of aliphatic hydroxyl groups is 1. The summed E-state index contributed by atoms with van der Waals surface area (Å²) >= 11 is 14.3. The standard InChI is InChI=1S/C73H64Cl2N8O20/c1-98-72(96)62-45-31-42(85)32-51(88)57(45)44-25-36(10-13-49(44)86)58-68(92)81-63(71(95)80-62)64(89)38-12-16-53(47(75)26-38)103-56-29-40-28-55(65(56)99-20-19-83-17-5-6-18-83)102-52-15-9-35(21-46(52)74)22-48-66(90)77-60(69(93)79-61(40)70(94)78-58)39-23-41(84)30-43(24-39)101-54-27-37(11-14-50(54)87)59(67(91)76-48)82-73(97)100-33-34-7-3-2-4-8-34/h2-4,7-16,21,23-32,48,58-64,84-89H,5-6,17-20,22,33H2,1H3,(H,76,91)(H,77,90)(H,78,94)(H,79,93)(H,80,95)(H,81,92)(H,82,97)/t48-,58-,59-,60+,61-,62-,63+,64-/m1/s1. The number of esters is 1. The molecule has 28 nitrogen and oxygen atoms in total. The van der Waals surface area contributed by atoms with E-state index in [0.717, 1.165) is 75.5 Å². The summed E-state index contributed by atoms with van der Waals surface area (Å²) in [5.74, 6) is -12.9. The minimum absolute atomic E-state index is 0.00159. The van der Waals surface area contributed by atoms with Gasteiger partial charge >= 0.3 is 12.1 Å². The summed E-state index contributed by atoms with van der Waals surface area (Å²) in [6, 6.07) is 18.0. The number of halogens is 2. The molecule has 8 atom stereocenters. The van der Waals surface area contributed by atoms with Crippen molar-refractivity contribution in [2.45, 2.75) is 74.3 Å². The number of nitrogens with zero attached hydrogens (tertiary/aromatic N) is 1. The first-order chi connectivity index (χ1) is 49.5. The molecule has 7 heterocycles. The van der Waals surface area contributed by atoms with Crippen LogP contribution in [0.15, 0.2) is 146 Å². The molecule has 15 rings (SSSR count). The van der Waals surface area contributed by atoms with Crippen LogP contribution in [0, 0.1) is 0 Å². The van der Waals surface area contributed by atoms with Gasteiger partial charge in [0.15, 0.2) is 29.0 Å². The Morgan fingerprint density at radius 3 is 1.88 bits per heavy atom. The van der Waals surface area contributed by atoms with Crippen LogP contribution < -0.4 is 56.2 Å². The van der Waals surface area contributed by atoms with Gasteiger partial charge in [-0.05, 0) is 144 Å². The Morgan fingerprint density at radius 1 is 0.563 bits per heavy atom.